The molecule has 0 amide bonds. The number of hydrogen-bond donors (Lipinski definition) is 0. The number of hydrogen-bond acceptors (Lipinski definition) is 2. The molecular weight excluding hydrogens is 677 g/mol. The predicted octanol–water partition coefficient (Wildman–Crippen LogP) is 14.3. The van der Waals surface area contributed by atoms with Crippen LogP contribution in [0.4, 0.5) is 0 Å². The van der Waals surface area contributed by atoms with Gasteiger partial charge in [0.15, 0.2) is 0 Å². The van der Waals surface area contributed by atoms with Crippen molar-refractivity contribution in [1.29, 1.82) is 0 Å². The molecule has 2 nitrogen and oxygen atoms in total. The van der Waals surface area contributed by atoms with Crippen LogP contribution in [0.5, 0.6) is 0 Å². The molecule has 3 heteroatoms. The fourth-order valence-corrected chi connectivity index (χ4v) is 10.7. The molecule has 0 radical (unpaired) electrons. The summed E-state index contributed by atoms with van der Waals surface area (Å²) in [5.41, 5.74) is 6.86. The van der Waals surface area contributed by atoms with Crippen molar-refractivity contribution < 1.29 is 8.98 Å². The lowest BCUT2D eigenvalue weighted by molar-refractivity contribution is -0.133. The number of fused-ring (bicyclic) bond motifs is 3. The van der Waals surface area contributed by atoms with Gasteiger partial charge in [0.2, 0.25) is 0 Å². The minimum Gasteiger partial charge on any atom is -0.402 e. The summed E-state index contributed by atoms with van der Waals surface area (Å²) in [7, 11) is -2.52. The van der Waals surface area contributed by atoms with E-state index in [1.165, 1.54) is 49.0 Å². The summed E-state index contributed by atoms with van der Waals surface area (Å²) in [6.07, 6.45) is 0.269. The molecule has 0 unspecified atom stereocenters. The molecule has 0 bridgehead atoms. The molecule has 9 rings (SSSR count). The van der Waals surface area contributed by atoms with E-state index in [-0.39, 0.29) is 12.4 Å². The maximum atomic E-state index is 13.7. The van der Waals surface area contributed by atoms with Crippen LogP contribution in [0.15, 0.2) is 215 Å². The molecule has 0 saturated carbocycles. The van der Waals surface area contributed by atoms with Gasteiger partial charge >= 0.3 is 5.97 Å². The zero-order chi connectivity index (χ0) is 36.5. The lowest BCUT2D eigenvalue weighted by atomic mass is 9.98. The molecule has 0 saturated heterocycles. The summed E-state index contributed by atoms with van der Waals surface area (Å²) in [5.74, 6) is -0.237. The Hall–Kier alpha value is -6.42. The Kier molecular flexibility index (Phi) is 8.78. The minimum atomic E-state index is -2.52. The molecule has 0 aromatic heterocycles. The largest absolute Gasteiger partial charge is 0.402 e. The monoisotopic (exact) mass is 714 g/mol. The molecule has 0 spiro atoms. The highest BCUT2D eigenvalue weighted by Gasteiger charge is 2.36. The first-order valence-corrected chi connectivity index (χ1v) is 20.0. The van der Waals surface area contributed by atoms with Crippen LogP contribution < -0.4 is 0 Å². The minimum absolute atomic E-state index is 0.237. The highest BCUT2D eigenvalue weighted by molar-refractivity contribution is 8.30. The lowest BCUT2D eigenvalue weighted by Gasteiger charge is -2.40. The lowest BCUT2D eigenvalue weighted by Crippen LogP contribution is -2.13. The van der Waals surface area contributed by atoms with Crippen molar-refractivity contribution in [1.82, 2.24) is 0 Å². The Balaban J connectivity index is 1.22. The van der Waals surface area contributed by atoms with Crippen LogP contribution in [0.25, 0.3) is 65.7 Å². The van der Waals surface area contributed by atoms with Gasteiger partial charge in [0.05, 0.1) is 0 Å². The van der Waals surface area contributed by atoms with Gasteiger partial charge in [-0.3, -0.25) is 4.79 Å². The SMILES string of the molecule is CCC(=O)OS(c1ccc(-c2cccc3ccccc23)cc1)(c1ccc(-c2cccc3ccccc23)cc1)c1ccc(-c2cccc3ccccc23)cc1. The molecule has 0 aliphatic carbocycles. The third-order valence-electron chi connectivity index (χ3n) is 10.4. The van der Waals surface area contributed by atoms with E-state index in [4.69, 9.17) is 4.18 Å². The summed E-state index contributed by atoms with van der Waals surface area (Å²) < 4.78 is 6.84. The van der Waals surface area contributed by atoms with Crippen molar-refractivity contribution in [2.24, 2.45) is 0 Å². The van der Waals surface area contributed by atoms with E-state index in [0.717, 1.165) is 31.4 Å². The summed E-state index contributed by atoms with van der Waals surface area (Å²) >= 11 is 0. The standard InChI is InChI=1S/C51H38O2S/c1-2-51(52)53-54(42-30-24-39(25-31-42)48-21-9-15-36-12-3-6-18-45(36)48,43-32-26-40(27-33-43)49-22-10-16-37-13-4-7-19-46(37)49)44-34-28-41(29-35-44)50-23-11-17-38-14-5-8-20-47(38)50/h3-35H,2H2,1H3. The Morgan fingerprint density at radius 2 is 0.685 bits per heavy atom. The van der Waals surface area contributed by atoms with Crippen molar-refractivity contribution in [2.45, 2.75) is 28.0 Å². The Morgan fingerprint density at radius 1 is 0.389 bits per heavy atom. The molecule has 260 valence electrons. The van der Waals surface area contributed by atoms with Gasteiger partial charge in [-0.1, -0.05) is 171 Å². The van der Waals surface area contributed by atoms with Gasteiger partial charge in [-0.05, 0) is 112 Å². The predicted molar refractivity (Wildman–Crippen MR) is 227 cm³/mol. The fourth-order valence-electron chi connectivity index (χ4n) is 7.66. The Morgan fingerprint density at radius 3 is 1.00 bits per heavy atom. The fraction of sp³-hybridized carbons (Fsp3) is 0.0392. The number of carbonyl (C=O) groups excluding carboxylic acids is 1. The highest BCUT2D eigenvalue weighted by Crippen LogP contribution is 2.69. The van der Waals surface area contributed by atoms with Crippen LogP contribution >= 0.6 is 10.3 Å². The van der Waals surface area contributed by atoms with E-state index in [2.05, 4.69) is 200 Å². The van der Waals surface area contributed by atoms with Gasteiger partial charge in [0, 0.05) is 21.1 Å². The van der Waals surface area contributed by atoms with E-state index in [1.807, 2.05) is 6.92 Å². The average Bonchev–Trinajstić information content (AvgIpc) is 3.25. The molecule has 9 aromatic carbocycles. The first-order valence-electron chi connectivity index (χ1n) is 18.4. The van der Waals surface area contributed by atoms with Crippen LogP contribution in [0.2, 0.25) is 0 Å². The smallest absolute Gasteiger partial charge is 0.316 e. The van der Waals surface area contributed by atoms with Gasteiger partial charge in [-0.15, -0.1) is 0 Å². The second-order valence-electron chi connectivity index (χ2n) is 13.5. The molecule has 0 aliphatic heterocycles. The molecule has 0 aliphatic rings. The van der Waals surface area contributed by atoms with Crippen molar-refractivity contribution in [2.75, 3.05) is 0 Å². The molecule has 0 fully saturated rings. The number of rotatable bonds is 8. The van der Waals surface area contributed by atoms with E-state index >= 15 is 0 Å². The second-order valence-corrected chi connectivity index (χ2v) is 16.2. The van der Waals surface area contributed by atoms with Crippen LogP contribution in [-0.2, 0) is 8.98 Å². The van der Waals surface area contributed by atoms with Crippen molar-refractivity contribution >= 4 is 48.6 Å². The first-order chi connectivity index (χ1) is 26.6. The van der Waals surface area contributed by atoms with Crippen LogP contribution in [0, 0.1) is 0 Å². The molecule has 9 aromatic rings. The first kappa shape index (κ1) is 33.4. The summed E-state index contributed by atoms with van der Waals surface area (Å²) in [6, 6.07) is 70.8. The van der Waals surface area contributed by atoms with Gasteiger partial charge in [-0.2, -0.15) is 0 Å². The number of carbonyl (C=O) groups is 1. The maximum Gasteiger partial charge on any atom is 0.316 e. The molecule has 0 heterocycles. The Labute approximate surface area is 317 Å². The zero-order valence-corrected chi connectivity index (χ0v) is 30.8. The van der Waals surface area contributed by atoms with E-state index < -0.39 is 10.3 Å². The van der Waals surface area contributed by atoms with Crippen LogP contribution in [0.1, 0.15) is 13.3 Å². The van der Waals surface area contributed by atoms with Crippen LogP contribution in [0.3, 0.4) is 0 Å². The second kappa shape index (κ2) is 14.2. The van der Waals surface area contributed by atoms with Crippen LogP contribution in [-0.4, -0.2) is 5.97 Å². The van der Waals surface area contributed by atoms with E-state index in [9.17, 15) is 4.79 Å². The summed E-state index contributed by atoms with van der Waals surface area (Å²) in [6.45, 7) is 1.86. The maximum absolute atomic E-state index is 13.7. The van der Waals surface area contributed by atoms with E-state index in [1.54, 1.807) is 0 Å². The van der Waals surface area contributed by atoms with Crippen molar-refractivity contribution in [3.8, 4) is 33.4 Å². The third-order valence-corrected chi connectivity index (χ3v) is 13.6. The topological polar surface area (TPSA) is 26.3 Å². The quantitative estimate of drug-likeness (QED) is 0.157. The highest BCUT2D eigenvalue weighted by atomic mass is 32.3. The molecule has 0 N–H and O–H groups in total. The number of benzene rings is 9. The molecular formula is C51H38O2S. The third kappa shape index (κ3) is 5.93. The van der Waals surface area contributed by atoms with Gasteiger partial charge < -0.3 is 4.18 Å². The average molecular weight is 715 g/mol. The molecule has 0 atom stereocenters. The van der Waals surface area contributed by atoms with Gasteiger partial charge in [0.25, 0.3) is 0 Å². The van der Waals surface area contributed by atoms with Crippen molar-refractivity contribution in [3.63, 3.8) is 0 Å². The van der Waals surface area contributed by atoms with Crippen molar-refractivity contribution in [3.05, 3.63) is 200 Å². The summed E-state index contributed by atoms with van der Waals surface area (Å²) in [5, 5.41) is 7.22. The van der Waals surface area contributed by atoms with Gasteiger partial charge in [0.1, 0.15) is 0 Å². The summed E-state index contributed by atoms with van der Waals surface area (Å²) in [4.78, 5) is 16.5. The normalized spacial score (nSPS) is 11.9. The Bertz CT molecular complexity index is 2470. The van der Waals surface area contributed by atoms with Gasteiger partial charge in [-0.25, -0.2) is 0 Å². The molecule has 54 heavy (non-hydrogen) atoms. The zero-order valence-electron chi connectivity index (χ0n) is 30.0. The van der Waals surface area contributed by atoms with E-state index in [0.29, 0.717) is 0 Å².